The fourth-order valence-corrected chi connectivity index (χ4v) is 2.89. The number of nitrogens with one attached hydrogen (secondary N) is 1. The zero-order valence-corrected chi connectivity index (χ0v) is 16.0. The summed E-state index contributed by atoms with van der Waals surface area (Å²) in [7, 11) is 0. The number of ether oxygens (including phenoxy) is 1. The van der Waals surface area contributed by atoms with Crippen LogP contribution in [0.25, 0.3) is 0 Å². The van der Waals surface area contributed by atoms with Crippen molar-refractivity contribution >= 4 is 21.8 Å². The van der Waals surface area contributed by atoms with Gasteiger partial charge in [-0.2, -0.15) is 0 Å². The Bertz CT molecular complexity index is 668. The van der Waals surface area contributed by atoms with E-state index in [4.69, 9.17) is 4.74 Å². The molecular formula is C20H24BrNO2. The Morgan fingerprint density at radius 1 is 1.17 bits per heavy atom. The van der Waals surface area contributed by atoms with E-state index < -0.39 is 0 Å². The molecule has 1 N–H and O–H groups in total. The van der Waals surface area contributed by atoms with E-state index in [1.54, 1.807) is 0 Å². The molecule has 4 heteroatoms. The van der Waals surface area contributed by atoms with Gasteiger partial charge >= 0.3 is 0 Å². The molecule has 2 aromatic carbocycles. The van der Waals surface area contributed by atoms with Crippen molar-refractivity contribution < 1.29 is 9.53 Å². The fraction of sp³-hybridized carbons (Fsp3) is 0.350. The lowest BCUT2D eigenvalue weighted by atomic mass is 9.95. The molecule has 0 saturated carbocycles. The van der Waals surface area contributed by atoms with E-state index in [9.17, 15) is 4.79 Å². The minimum absolute atomic E-state index is 0.00666. The first-order valence-electron chi connectivity index (χ1n) is 8.26. The monoisotopic (exact) mass is 389 g/mol. The van der Waals surface area contributed by atoms with E-state index >= 15 is 0 Å². The molecule has 0 unspecified atom stereocenters. The van der Waals surface area contributed by atoms with E-state index in [0.29, 0.717) is 11.7 Å². The highest BCUT2D eigenvalue weighted by atomic mass is 79.9. The zero-order chi connectivity index (χ0) is 17.5. The van der Waals surface area contributed by atoms with Crippen LogP contribution in [0, 0.1) is 5.92 Å². The highest BCUT2D eigenvalue weighted by molar-refractivity contribution is 9.10. The maximum Gasteiger partial charge on any atom is 0.258 e. The van der Waals surface area contributed by atoms with Crippen LogP contribution in [-0.2, 0) is 11.2 Å². The first-order valence-corrected chi connectivity index (χ1v) is 9.05. The maximum absolute atomic E-state index is 12.3. The van der Waals surface area contributed by atoms with E-state index in [2.05, 4.69) is 66.3 Å². The summed E-state index contributed by atoms with van der Waals surface area (Å²) in [4.78, 5) is 12.3. The normalized spacial score (nSPS) is 12.0. The Balaban J connectivity index is 1.97. The SMILES string of the molecule is CCc1ccc([C@H](NC(=O)COc2cccc(Br)c2)C(C)C)cc1. The van der Waals surface area contributed by atoms with Crippen LogP contribution in [0.1, 0.15) is 37.9 Å². The average molecular weight is 390 g/mol. The Kier molecular flexibility index (Phi) is 6.85. The summed E-state index contributed by atoms with van der Waals surface area (Å²) in [5, 5.41) is 3.08. The second-order valence-electron chi connectivity index (χ2n) is 6.13. The molecular weight excluding hydrogens is 366 g/mol. The number of aryl methyl sites for hydroxylation is 1. The number of halogens is 1. The van der Waals surface area contributed by atoms with E-state index in [0.717, 1.165) is 16.5 Å². The van der Waals surface area contributed by atoms with Gasteiger partial charge in [0, 0.05) is 4.47 Å². The second-order valence-corrected chi connectivity index (χ2v) is 7.05. The average Bonchev–Trinajstić information content (AvgIpc) is 2.58. The summed E-state index contributed by atoms with van der Waals surface area (Å²) in [6.07, 6.45) is 1.01. The van der Waals surface area contributed by atoms with Gasteiger partial charge in [-0.3, -0.25) is 4.79 Å². The van der Waals surface area contributed by atoms with Crippen LogP contribution in [0.2, 0.25) is 0 Å². The van der Waals surface area contributed by atoms with Gasteiger partial charge in [-0.25, -0.2) is 0 Å². The number of rotatable bonds is 7. The zero-order valence-electron chi connectivity index (χ0n) is 14.4. The van der Waals surface area contributed by atoms with Gasteiger partial charge in [-0.05, 0) is 41.7 Å². The molecule has 0 aliphatic heterocycles. The molecule has 0 spiro atoms. The van der Waals surface area contributed by atoms with Crippen molar-refractivity contribution in [2.45, 2.75) is 33.2 Å². The van der Waals surface area contributed by atoms with E-state index in [1.165, 1.54) is 5.56 Å². The quantitative estimate of drug-likeness (QED) is 0.730. The lowest BCUT2D eigenvalue weighted by Gasteiger charge is -2.23. The molecule has 0 aliphatic carbocycles. The fourth-order valence-electron chi connectivity index (χ4n) is 2.52. The minimum atomic E-state index is -0.117. The predicted octanol–water partition coefficient (Wildman–Crippen LogP) is 4.90. The van der Waals surface area contributed by atoms with Gasteiger partial charge < -0.3 is 10.1 Å². The van der Waals surface area contributed by atoms with Gasteiger partial charge in [0.15, 0.2) is 6.61 Å². The summed E-state index contributed by atoms with van der Waals surface area (Å²) in [5.41, 5.74) is 2.42. The van der Waals surface area contributed by atoms with Gasteiger partial charge in [0.25, 0.3) is 5.91 Å². The summed E-state index contributed by atoms with van der Waals surface area (Å²) in [6.45, 7) is 6.35. The third-order valence-electron chi connectivity index (χ3n) is 3.90. The topological polar surface area (TPSA) is 38.3 Å². The molecule has 3 nitrogen and oxygen atoms in total. The highest BCUT2D eigenvalue weighted by Crippen LogP contribution is 2.22. The third kappa shape index (κ3) is 5.38. The summed E-state index contributed by atoms with van der Waals surface area (Å²) >= 11 is 3.39. The molecule has 2 rings (SSSR count). The third-order valence-corrected chi connectivity index (χ3v) is 4.39. The first kappa shape index (κ1) is 18.5. The lowest BCUT2D eigenvalue weighted by Crippen LogP contribution is -2.35. The van der Waals surface area contributed by atoms with Crippen molar-refractivity contribution in [3.05, 3.63) is 64.1 Å². The molecule has 0 fully saturated rings. The van der Waals surface area contributed by atoms with E-state index in [1.807, 2.05) is 24.3 Å². The van der Waals surface area contributed by atoms with Crippen LogP contribution in [0.3, 0.4) is 0 Å². The Morgan fingerprint density at radius 3 is 2.46 bits per heavy atom. The van der Waals surface area contributed by atoms with Crippen LogP contribution in [0.15, 0.2) is 53.0 Å². The molecule has 0 saturated heterocycles. The van der Waals surface area contributed by atoms with Crippen molar-refractivity contribution in [2.24, 2.45) is 5.92 Å². The number of carbonyl (C=O) groups is 1. The number of hydrogen-bond donors (Lipinski definition) is 1. The highest BCUT2D eigenvalue weighted by Gasteiger charge is 2.18. The number of amides is 1. The predicted molar refractivity (Wildman–Crippen MR) is 101 cm³/mol. The van der Waals surface area contributed by atoms with Gasteiger partial charge in [-0.1, -0.05) is 67.0 Å². The number of carbonyl (C=O) groups excluding carboxylic acids is 1. The largest absolute Gasteiger partial charge is 0.484 e. The Hall–Kier alpha value is -1.81. The van der Waals surface area contributed by atoms with Crippen LogP contribution < -0.4 is 10.1 Å². The van der Waals surface area contributed by atoms with Crippen molar-refractivity contribution in [1.82, 2.24) is 5.32 Å². The number of hydrogen-bond acceptors (Lipinski definition) is 2. The molecule has 24 heavy (non-hydrogen) atoms. The summed E-state index contributed by atoms with van der Waals surface area (Å²) < 4.78 is 6.49. The van der Waals surface area contributed by atoms with Gasteiger partial charge in [-0.15, -0.1) is 0 Å². The second kappa shape index (κ2) is 8.88. The minimum Gasteiger partial charge on any atom is -0.484 e. The Labute approximate surface area is 152 Å². The van der Waals surface area contributed by atoms with E-state index in [-0.39, 0.29) is 18.6 Å². The summed E-state index contributed by atoms with van der Waals surface area (Å²) in [5.74, 6) is 0.855. The van der Waals surface area contributed by atoms with Crippen molar-refractivity contribution in [1.29, 1.82) is 0 Å². The molecule has 0 heterocycles. The van der Waals surface area contributed by atoms with Crippen LogP contribution in [-0.4, -0.2) is 12.5 Å². The van der Waals surface area contributed by atoms with Crippen LogP contribution in [0.5, 0.6) is 5.75 Å². The van der Waals surface area contributed by atoms with Gasteiger partial charge in [0.2, 0.25) is 0 Å². The van der Waals surface area contributed by atoms with Crippen molar-refractivity contribution in [2.75, 3.05) is 6.61 Å². The Morgan fingerprint density at radius 2 is 1.88 bits per heavy atom. The molecule has 0 radical (unpaired) electrons. The molecule has 2 aromatic rings. The van der Waals surface area contributed by atoms with Crippen LogP contribution in [0.4, 0.5) is 0 Å². The maximum atomic E-state index is 12.3. The first-order chi connectivity index (χ1) is 11.5. The number of benzene rings is 2. The smallest absolute Gasteiger partial charge is 0.258 e. The molecule has 1 atom stereocenters. The molecule has 0 aliphatic rings. The lowest BCUT2D eigenvalue weighted by molar-refractivity contribution is -0.124. The molecule has 1 amide bonds. The molecule has 0 bridgehead atoms. The van der Waals surface area contributed by atoms with Gasteiger partial charge in [0.05, 0.1) is 6.04 Å². The molecule has 128 valence electrons. The summed E-state index contributed by atoms with van der Waals surface area (Å²) in [6, 6.07) is 15.9. The standard InChI is InChI=1S/C20H24BrNO2/c1-4-15-8-10-16(11-9-15)20(14(2)3)22-19(23)13-24-18-7-5-6-17(21)12-18/h5-12,14,20H,4,13H2,1-3H3,(H,22,23)/t20-/m1/s1. The van der Waals surface area contributed by atoms with Crippen LogP contribution >= 0.6 is 15.9 Å². The molecule has 0 aromatic heterocycles. The van der Waals surface area contributed by atoms with Crippen molar-refractivity contribution in [3.63, 3.8) is 0 Å². The van der Waals surface area contributed by atoms with Crippen molar-refractivity contribution in [3.8, 4) is 5.75 Å². The van der Waals surface area contributed by atoms with Gasteiger partial charge in [0.1, 0.15) is 5.75 Å².